The van der Waals surface area contributed by atoms with Gasteiger partial charge in [-0.05, 0) is 6.92 Å². The summed E-state index contributed by atoms with van der Waals surface area (Å²) >= 11 is 0. The zero-order chi connectivity index (χ0) is 17.5. The Hall–Kier alpha value is -3.22. The maximum atomic E-state index is 5.27. The highest BCUT2D eigenvalue weighted by atomic mass is 16.5. The average Bonchev–Trinajstić information content (AvgIpc) is 3.09. The number of rotatable bonds is 2. The maximum absolute atomic E-state index is 5.27. The van der Waals surface area contributed by atoms with Crippen LogP contribution in [0.1, 0.15) is 5.69 Å². The predicted molar refractivity (Wildman–Crippen MR) is 101 cm³/mol. The summed E-state index contributed by atoms with van der Waals surface area (Å²) in [7, 11) is 0. The number of fused-ring (bicyclic) bond motifs is 2. The molecule has 1 fully saturated rings. The van der Waals surface area contributed by atoms with Gasteiger partial charge in [-0.25, -0.2) is 4.98 Å². The Labute approximate surface area is 150 Å². The van der Waals surface area contributed by atoms with Gasteiger partial charge in [0.2, 0.25) is 0 Å². The number of hydrogen-bond donors (Lipinski definition) is 0. The molecule has 130 valence electrons. The molecule has 0 aliphatic carbocycles. The fourth-order valence-electron chi connectivity index (χ4n) is 3.66. The summed E-state index contributed by atoms with van der Waals surface area (Å²) in [5.41, 5.74) is 2.57. The van der Waals surface area contributed by atoms with Crippen molar-refractivity contribution >= 4 is 33.4 Å². The topological polar surface area (TPSA) is 71.2 Å². The lowest BCUT2D eigenvalue weighted by Crippen LogP contribution is -2.47. The molecule has 0 spiro atoms. The van der Waals surface area contributed by atoms with E-state index in [-0.39, 0.29) is 0 Å². The highest BCUT2D eigenvalue weighted by Gasteiger charge is 2.23. The summed E-state index contributed by atoms with van der Waals surface area (Å²) in [6.07, 6.45) is 5.43. The normalized spacial score (nSPS) is 15.1. The number of aromatic nitrogens is 4. The molecular weight excluding hydrogens is 328 g/mol. The molecule has 0 saturated carbocycles. The van der Waals surface area contributed by atoms with E-state index < -0.39 is 0 Å². The number of benzene rings is 1. The lowest BCUT2D eigenvalue weighted by Gasteiger charge is -2.37. The van der Waals surface area contributed by atoms with Crippen LogP contribution in [-0.4, -0.2) is 46.3 Å². The summed E-state index contributed by atoms with van der Waals surface area (Å²) in [6, 6.07) is 8.39. The maximum Gasteiger partial charge on any atom is 0.263 e. The molecule has 1 aliphatic heterocycles. The molecule has 4 aromatic rings. The summed E-state index contributed by atoms with van der Waals surface area (Å²) in [5.74, 6) is 0.907. The highest BCUT2D eigenvalue weighted by molar-refractivity contribution is 5.93. The van der Waals surface area contributed by atoms with E-state index in [1.807, 2.05) is 25.4 Å². The first-order valence-corrected chi connectivity index (χ1v) is 8.71. The van der Waals surface area contributed by atoms with Crippen molar-refractivity contribution in [2.45, 2.75) is 6.92 Å². The predicted octanol–water partition coefficient (Wildman–Crippen LogP) is 2.80. The van der Waals surface area contributed by atoms with Crippen LogP contribution in [0.15, 0.2) is 47.5 Å². The van der Waals surface area contributed by atoms with Crippen molar-refractivity contribution in [3.63, 3.8) is 0 Å². The molecule has 1 aromatic carbocycles. The van der Waals surface area contributed by atoms with Crippen molar-refractivity contribution in [3.05, 3.63) is 48.7 Å². The van der Waals surface area contributed by atoms with Crippen LogP contribution in [0.25, 0.3) is 21.9 Å². The largest absolute Gasteiger partial charge is 0.366 e. The number of hydrogen-bond acceptors (Lipinski definition) is 7. The van der Waals surface area contributed by atoms with E-state index in [2.05, 4.69) is 48.1 Å². The Bertz CT molecular complexity index is 1080. The van der Waals surface area contributed by atoms with Crippen LogP contribution >= 0.6 is 0 Å². The molecule has 0 atom stereocenters. The second-order valence-corrected chi connectivity index (χ2v) is 6.50. The van der Waals surface area contributed by atoms with Gasteiger partial charge in [0, 0.05) is 43.1 Å². The Balaban J connectivity index is 1.43. The van der Waals surface area contributed by atoms with Gasteiger partial charge in [-0.15, -0.1) is 0 Å². The first-order chi connectivity index (χ1) is 12.8. The molecular formula is C19H18N6O. The zero-order valence-corrected chi connectivity index (χ0v) is 14.5. The smallest absolute Gasteiger partial charge is 0.263 e. The molecule has 0 amide bonds. The number of nitrogens with zero attached hydrogens (tertiary/aromatic N) is 6. The minimum absolute atomic E-state index is 0.549. The number of pyridine rings is 1. The molecule has 0 unspecified atom stereocenters. The van der Waals surface area contributed by atoms with Gasteiger partial charge < -0.3 is 14.3 Å². The third-order valence-electron chi connectivity index (χ3n) is 4.99. The molecule has 1 aliphatic rings. The van der Waals surface area contributed by atoms with Crippen LogP contribution in [0.2, 0.25) is 0 Å². The molecule has 4 heterocycles. The summed E-state index contributed by atoms with van der Waals surface area (Å²) in [5, 5.41) is 7.35. The van der Waals surface area contributed by atoms with Gasteiger partial charge in [-0.2, -0.15) is 4.98 Å². The van der Waals surface area contributed by atoms with Gasteiger partial charge in [0.15, 0.2) is 0 Å². The third-order valence-corrected chi connectivity index (χ3v) is 4.99. The first kappa shape index (κ1) is 15.1. The molecule has 7 nitrogen and oxygen atoms in total. The van der Waals surface area contributed by atoms with Crippen LogP contribution < -0.4 is 9.80 Å². The number of piperazine rings is 1. The SMILES string of the molecule is Cc1noc2ncnc(N3CCN(c4cncc5ccccc45)CC3)c12. The minimum Gasteiger partial charge on any atom is -0.366 e. The molecule has 0 N–H and O–H groups in total. The van der Waals surface area contributed by atoms with E-state index in [1.165, 1.54) is 16.5 Å². The van der Waals surface area contributed by atoms with Gasteiger partial charge in [0.05, 0.1) is 17.6 Å². The van der Waals surface area contributed by atoms with Crippen molar-refractivity contribution in [1.29, 1.82) is 0 Å². The molecule has 1 saturated heterocycles. The van der Waals surface area contributed by atoms with Crippen molar-refractivity contribution < 1.29 is 4.52 Å². The fraction of sp³-hybridized carbons (Fsp3) is 0.263. The minimum atomic E-state index is 0.549. The Kier molecular flexibility index (Phi) is 3.44. The van der Waals surface area contributed by atoms with E-state index in [4.69, 9.17) is 4.52 Å². The second-order valence-electron chi connectivity index (χ2n) is 6.50. The molecule has 0 radical (unpaired) electrons. The van der Waals surface area contributed by atoms with Gasteiger partial charge in [0.1, 0.15) is 17.5 Å². The number of anilines is 2. The van der Waals surface area contributed by atoms with Crippen LogP contribution in [0, 0.1) is 6.92 Å². The number of aryl methyl sites for hydroxylation is 1. The van der Waals surface area contributed by atoms with E-state index in [0.29, 0.717) is 5.71 Å². The standard InChI is InChI=1S/C19H18N6O/c1-13-17-18(21-12-22-19(17)26-23-13)25-8-6-24(7-9-25)16-11-20-10-14-4-2-3-5-15(14)16/h2-5,10-12H,6-9H2,1H3. The monoisotopic (exact) mass is 346 g/mol. The quantitative estimate of drug-likeness (QED) is 0.553. The van der Waals surface area contributed by atoms with Crippen LogP contribution in [0.4, 0.5) is 11.5 Å². The van der Waals surface area contributed by atoms with Crippen molar-refractivity contribution in [3.8, 4) is 0 Å². The Morgan fingerprint density at radius 1 is 0.962 bits per heavy atom. The Morgan fingerprint density at radius 3 is 2.65 bits per heavy atom. The second kappa shape index (κ2) is 5.94. The summed E-state index contributed by atoms with van der Waals surface area (Å²) in [6.45, 7) is 5.49. The molecule has 5 rings (SSSR count). The Morgan fingerprint density at radius 2 is 1.77 bits per heavy atom. The van der Waals surface area contributed by atoms with Crippen molar-refractivity contribution in [2.24, 2.45) is 0 Å². The molecule has 26 heavy (non-hydrogen) atoms. The third kappa shape index (κ3) is 2.35. The van der Waals surface area contributed by atoms with Gasteiger partial charge >= 0.3 is 0 Å². The summed E-state index contributed by atoms with van der Waals surface area (Å²) < 4.78 is 5.27. The van der Waals surface area contributed by atoms with E-state index >= 15 is 0 Å². The van der Waals surface area contributed by atoms with Gasteiger partial charge in [-0.1, -0.05) is 29.4 Å². The van der Waals surface area contributed by atoms with Crippen molar-refractivity contribution in [2.75, 3.05) is 36.0 Å². The molecule has 3 aromatic heterocycles. The average molecular weight is 346 g/mol. The van der Waals surface area contributed by atoms with Crippen molar-refractivity contribution in [1.82, 2.24) is 20.1 Å². The van der Waals surface area contributed by atoms with Crippen LogP contribution in [-0.2, 0) is 0 Å². The van der Waals surface area contributed by atoms with Crippen LogP contribution in [0.5, 0.6) is 0 Å². The zero-order valence-electron chi connectivity index (χ0n) is 14.5. The van der Waals surface area contributed by atoms with Gasteiger partial charge in [0.25, 0.3) is 5.71 Å². The van der Waals surface area contributed by atoms with Crippen LogP contribution in [0.3, 0.4) is 0 Å². The summed E-state index contributed by atoms with van der Waals surface area (Å²) in [4.78, 5) is 17.8. The molecule has 0 bridgehead atoms. The van der Waals surface area contributed by atoms with E-state index in [9.17, 15) is 0 Å². The fourth-order valence-corrected chi connectivity index (χ4v) is 3.66. The van der Waals surface area contributed by atoms with E-state index in [0.717, 1.165) is 43.1 Å². The lowest BCUT2D eigenvalue weighted by atomic mass is 10.1. The lowest BCUT2D eigenvalue weighted by molar-refractivity contribution is 0.442. The highest BCUT2D eigenvalue weighted by Crippen LogP contribution is 2.29. The molecule has 7 heteroatoms. The van der Waals surface area contributed by atoms with E-state index in [1.54, 1.807) is 6.33 Å². The van der Waals surface area contributed by atoms with Gasteiger partial charge in [-0.3, -0.25) is 4.98 Å². The first-order valence-electron chi connectivity index (χ1n) is 8.71.